The smallest absolute Gasteiger partial charge is 0.191 e. The van der Waals surface area contributed by atoms with Gasteiger partial charge in [-0.2, -0.15) is 0 Å². The summed E-state index contributed by atoms with van der Waals surface area (Å²) >= 11 is 7.62. The van der Waals surface area contributed by atoms with Gasteiger partial charge in [0.25, 0.3) is 0 Å². The normalized spacial score (nSPS) is 14.6. The summed E-state index contributed by atoms with van der Waals surface area (Å²) in [6.07, 6.45) is 2.67. The molecule has 1 aromatic carbocycles. The maximum atomic E-state index is 5.86. The van der Waals surface area contributed by atoms with Crippen LogP contribution in [-0.2, 0) is 13.7 Å². The molecule has 1 saturated heterocycles. The lowest BCUT2D eigenvalue weighted by Gasteiger charge is -2.13. The molecule has 1 aliphatic heterocycles. The van der Waals surface area contributed by atoms with Crippen LogP contribution in [0, 0.1) is 0 Å². The highest BCUT2D eigenvalue weighted by molar-refractivity contribution is 7.99. The first-order chi connectivity index (χ1) is 11.2. The van der Waals surface area contributed by atoms with E-state index in [0.717, 1.165) is 29.0 Å². The number of nitrogens with zero attached hydrogens (tertiary/aromatic N) is 4. The molecule has 0 N–H and O–H groups in total. The summed E-state index contributed by atoms with van der Waals surface area (Å²) in [4.78, 5) is 2.51. The van der Waals surface area contributed by atoms with Crippen LogP contribution in [-0.4, -0.2) is 45.1 Å². The second-order valence-electron chi connectivity index (χ2n) is 5.60. The Morgan fingerprint density at radius 3 is 2.58 bits per heavy atom. The van der Waals surface area contributed by atoms with Crippen molar-refractivity contribution in [2.24, 2.45) is 7.05 Å². The van der Waals surface area contributed by atoms with Crippen molar-refractivity contribution in [3.8, 4) is 5.75 Å². The summed E-state index contributed by atoms with van der Waals surface area (Å²) in [5.41, 5.74) is 0. The van der Waals surface area contributed by atoms with Gasteiger partial charge < -0.3 is 14.2 Å². The van der Waals surface area contributed by atoms with Gasteiger partial charge in [-0.15, -0.1) is 22.6 Å². The summed E-state index contributed by atoms with van der Waals surface area (Å²) in [7, 11) is 1.98. The summed E-state index contributed by atoms with van der Waals surface area (Å²) in [5.74, 6) is 2.65. The van der Waals surface area contributed by atoms with Crippen LogP contribution in [0.25, 0.3) is 0 Å². The maximum Gasteiger partial charge on any atom is 0.191 e. The van der Waals surface area contributed by atoms with Crippen LogP contribution in [0.2, 0.25) is 5.02 Å². The van der Waals surface area contributed by atoms with Crippen molar-refractivity contribution in [1.29, 1.82) is 0 Å². The number of thioether (sulfide) groups is 1. The van der Waals surface area contributed by atoms with E-state index < -0.39 is 0 Å². The van der Waals surface area contributed by atoms with Crippen molar-refractivity contribution < 1.29 is 4.74 Å². The van der Waals surface area contributed by atoms with Crippen molar-refractivity contribution in [3.05, 3.63) is 35.1 Å². The number of halogens is 2. The van der Waals surface area contributed by atoms with Crippen molar-refractivity contribution >= 4 is 35.8 Å². The molecule has 0 aliphatic carbocycles. The van der Waals surface area contributed by atoms with Gasteiger partial charge >= 0.3 is 0 Å². The third-order valence-corrected chi connectivity index (χ3v) is 5.20. The fourth-order valence-corrected chi connectivity index (χ4v) is 3.60. The van der Waals surface area contributed by atoms with Crippen LogP contribution < -0.4 is 4.74 Å². The summed E-state index contributed by atoms with van der Waals surface area (Å²) < 4.78 is 7.73. The minimum atomic E-state index is 0. The SMILES string of the molecule is Cl.Cn1c(COc2ccc(Cl)cc2)nnc1SCCN1CCCC1. The number of likely N-dealkylation sites (tertiary alicyclic amines) is 1. The molecule has 24 heavy (non-hydrogen) atoms. The Morgan fingerprint density at radius 2 is 1.88 bits per heavy atom. The zero-order valence-electron chi connectivity index (χ0n) is 13.7. The van der Waals surface area contributed by atoms with Crippen molar-refractivity contribution in [2.45, 2.75) is 24.6 Å². The topological polar surface area (TPSA) is 43.2 Å². The molecule has 132 valence electrons. The molecule has 1 aromatic heterocycles. The van der Waals surface area contributed by atoms with Crippen LogP contribution in [0.3, 0.4) is 0 Å². The molecule has 0 spiro atoms. The Kier molecular flexibility index (Phi) is 7.68. The van der Waals surface area contributed by atoms with Gasteiger partial charge in [-0.3, -0.25) is 0 Å². The number of rotatable bonds is 7. The van der Waals surface area contributed by atoms with Crippen LogP contribution >= 0.6 is 35.8 Å². The molecule has 0 bridgehead atoms. The van der Waals surface area contributed by atoms with Crippen molar-refractivity contribution in [1.82, 2.24) is 19.7 Å². The highest BCUT2D eigenvalue weighted by atomic mass is 35.5. The van der Waals surface area contributed by atoms with Gasteiger partial charge in [-0.1, -0.05) is 23.4 Å². The van der Waals surface area contributed by atoms with E-state index in [9.17, 15) is 0 Å². The Labute approximate surface area is 158 Å². The third-order valence-electron chi connectivity index (χ3n) is 3.94. The fraction of sp³-hybridized carbons (Fsp3) is 0.500. The molecule has 3 rings (SSSR count). The number of ether oxygens (including phenoxy) is 1. The van der Waals surface area contributed by atoms with Crippen LogP contribution in [0.5, 0.6) is 5.75 Å². The first kappa shape index (κ1) is 19.4. The quantitative estimate of drug-likeness (QED) is 0.677. The number of hydrogen-bond donors (Lipinski definition) is 0. The van der Waals surface area contributed by atoms with Crippen LogP contribution in [0.15, 0.2) is 29.4 Å². The minimum absolute atomic E-state index is 0. The molecule has 0 saturated carbocycles. The first-order valence-electron chi connectivity index (χ1n) is 7.84. The van der Waals surface area contributed by atoms with E-state index in [1.807, 2.05) is 35.9 Å². The van der Waals surface area contributed by atoms with Crippen molar-refractivity contribution in [2.75, 3.05) is 25.4 Å². The van der Waals surface area contributed by atoms with E-state index in [0.29, 0.717) is 11.6 Å². The highest BCUT2D eigenvalue weighted by Crippen LogP contribution is 2.19. The lowest BCUT2D eigenvalue weighted by Crippen LogP contribution is -2.22. The molecular weight excluding hydrogens is 367 g/mol. The van der Waals surface area contributed by atoms with Gasteiger partial charge in [0.2, 0.25) is 0 Å². The molecule has 2 aromatic rings. The monoisotopic (exact) mass is 388 g/mol. The second-order valence-corrected chi connectivity index (χ2v) is 7.10. The fourth-order valence-electron chi connectivity index (χ4n) is 2.55. The number of hydrogen-bond acceptors (Lipinski definition) is 5. The number of aromatic nitrogens is 3. The van der Waals surface area contributed by atoms with Crippen LogP contribution in [0.1, 0.15) is 18.7 Å². The number of benzene rings is 1. The van der Waals surface area contributed by atoms with E-state index >= 15 is 0 Å². The van der Waals surface area contributed by atoms with Crippen LogP contribution in [0.4, 0.5) is 0 Å². The molecule has 0 atom stereocenters. The van der Waals surface area contributed by atoms with Gasteiger partial charge in [-0.05, 0) is 50.2 Å². The van der Waals surface area contributed by atoms with Gasteiger partial charge in [0.05, 0.1) is 0 Å². The predicted octanol–water partition coefficient (Wildman–Crippen LogP) is 3.66. The molecule has 8 heteroatoms. The van der Waals surface area contributed by atoms with Gasteiger partial charge in [-0.25, -0.2) is 0 Å². The highest BCUT2D eigenvalue weighted by Gasteiger charge is 2.13. The summed E-state index contributed by atoms with van der Waals surface area (Å²) in [5, 5.41) is 10.1. The van der Waals surface area contributed by atoms with E-state index in [-0.39, 0.29) is 12.4 Å². The molecule has 0 radical (unpaired) electrons. The summed E-state index contributed by atoms with van der Waals surface area (Å²) in [6, 6.07) is 7.33. The van der Waals surface area contributed by atoms with E-state index in [1.165, 1.54) is 25.9 Å². The van der Waals surface area contributed by atoms with Crippen molar-refractivity contribution in [3.63, 3.8) is 0 Å². The Balaban J connectivity index is 0.00000208. The third kappa shape index (κ3) is 5.28. The largest absolute Gasteiger partial charge is 0.486 e. The molecule has 0 unspecified atom stereocenters. The molecular formula is C16H22Cl2N4OS. The van der Waals surface area contributed by atoms with Gasteiger partial charge in [0, 0.05) is 24.4 Å². The zero-order valence-corrected chi connectivity index (χ0v) is 16.0. The molecule has 0 amide bonds. The van der Waals surface area contributed by atoms with E-state index in [2.05, 4.69) is 15.1 Å². The Morgan fingerprint density at radius 1 is 1.17 bits per heavy atom. The Hall–Kier alpha value is -0.950. The molecule has 1 fully saturated rings. The minimum Gasteiger partial charge on any atom is -0.486 e. The average molecular weight is 389 g/mol. The molecule has 2 heterocycles. The van der Waals surface area contributed by atoms with Gasteiger partial charge in [0.15, 0.2) is 11.0 Å². The Bertz CT molecular complexity index is 630. The maximum absolute atomic E-state index is 5.86. The zero-order chi connectivity index (χ0) is 16.1. The van der Waals surface area contributed by atoms with E-state index in [1.54, 1.807) is 11.8 Å². The van der Waals surface area contributed by atoms with E-state index in [4.69, 9.17) is 16.3 Å². The lowest BCUT2D eigenvalue weighted by atomic mass is 10.3. The average Bonchev–Trinajstić information content (AvgIpc) is 3.18. The molecule has 5 nitrogen and oxygen atoms in total. The predicted molar refractivity (Wildman–Crippen MR) is 100 cm³/mol. The van der Waals surface area contributed by atoms with Gasteiger partial charge in [0.1, 0.15) is 12.4 Å². The lowest BCUT2D eigenvalue weighted by molar-refractivity contribution is 0.290. The molecule has 1 aliphatic rings. The summed E-state index contributed by atoms with van der Waals surface area (Å²) in [6.45, 7) is 3.99. The second kappa shape index (κ2) is 9.51. The standard InChI is InChI=1S/C16H21ClN4OS.ClH/c1-20-15(12-22-14-6-4-13(17)5-7-14)18-19-16(20)23-11-10-21-8-2-3-9-21;/h4-7H,2-3,8-12H2,1H3;1H. The first-order valence-corrected chi connectivity index (χ1v) is 9.20.